The summed E-state index contributed by atoms with van der Waals surface area (Å²) in [5, 5.41) is 3.76. The third-order valence-electron chi connectivity index (χ3n) is 4.85. The van der Waals surface area contributed by atoms with Crippen LogP contribution in [0.5, 0.6) is 0 Å². The lowest BCUT2D eigenvalue weighted by atomic mass is 9.69. The quantitative estimate of drug-likeness (QED) is 0.641. The first-order chi connectivity index (χ1) is 8.60. The van der Waals surface area contributed by atoms with Crippen molar-refractivity contribution in [3.63, 3.8) is 0 Å². The average Bonchev–Trinajstić information content (AvgIpc) is 2.39. The second-order valence-corrected chi connectivity index (χ2v) is 7.79. The molecule has 0 amide bonds. The van der Waals surface area contributed by atoms with Gasteiger partial charge in [-0.1, -0.05) is 34.1 Å². The number of hydrogen-bond donors (Lipinski definition) is 1. The lowest BCUT2D eigenvalue weighted by Crippen LogP contribution is -2.37. The molecule has 0 aromatic heterocycles. The number of thioether (sulfide) groups is 1. The van der Waals surface area contributed by atoms with Gasteiger partial charge in [-0.3, -0.25) is 0 Å². The van der Waals surface area contributed by atoms with Gasteiger partial charge >= 0.3 is 0 Å². The minimum Gasteiger partial charge on any atom is -0.314 e. The number of hydrogen-bond acceptors (Lipinski definition) is 2. The van der Waals surface area contributed by atoms with Crippen LogP contribution >= 0.6 is 11.8 Å². The molecule has 1 rings (SSSR count). The molecule has 0 spiro atoms. The zero-order chi connectivity index (χ0) is 13.4. The smallest absolute Gasteiger partial charge is 0.00672 e. The second-order valence-electron chi connectivity index (χ2n) is 6.40. The van der Waals surface area contributed by atoms with Crippen molar-refractivity contribution < 1.29 is 0 Å². The highest BCUT2D eigenvalue weighted by Gasteiger charge is 2.31. The van der Waals surface area contributed by atoms with E-state index < -0.39 is 0 Å². The van der Waals surface area contributed by atoms with E-state index in [2.05, 4.69) is 44.8 Å². The Morgan fingerprint density at radius 2 is 1.78 bits per heavy atom. The van der Waals surface area contributed by atoms with Gasteiger partial charge in [-0.05, 0) is 61.5 Å². The first-order valence-corrected chi connectivity index (χ1v) is 9.06. The summed E-state index contributed by atoms with van der Waals surface area (Å²) < 4.78 is 0. The average molecular weight is 272 g/mol. The summed E-state index contributed by atoms with van der Waals surface area (Å²) in [5.74, 6) is 3.54. The van der Waals surface area contributed by atoms with E-state index >= 15 is 0 Å². The van der Waals surface area contributed by atoms with Gasteiger partial charge in [-0.2, -0.15) is 11.8 Å². The van der Waals surface area contributed by atoms with Crippen LogP contribution in [0, 0.1) is 11.3 Å². The molecule has 1 aliphatic carbocycles. The van der Waals surface area contributed by atoms with E-state index in [0.29, 0.717) is 5.41 Å². The molecule has 1 fully saturated rings. The van der Waals surface area contributed by atoms with Crippen molar-refractivity contribution in [2.24, 2.45) is 11.3 Å². The first-order valence-electron chi connectivity index (χ1n) is 7.91. The monoisotopic (exact) mass is 271 g/mol. The van der Waals surface area contributed by atoms with E-state index in [1.807, 2.05) is 0 Å². The van der Waals surface area contributed by atoms with Crippen molar-refractivity contribution in [1.82, 2.24) is 5.32 Å². The van der Waals surface area contributed by atoms with Crippen molar-refractivity contribution in [3.8, 4) is 0 Å². The third-order valence-corrected chi connectivity index (χ3v) is 5.83. The lowest BCUT2D eigenvalue weighted by Gasteiger charge is -2.39. The topological polar surface area (TPSA) is 12.0 Å². The molecule has 0 atom stereocenters. The van der Waals surface area contributed by atoms with Crippen LogP contribution in [-0.2, 0) is 0 Å². The summed E-state index contributed by atoms with van der Waals surface area (Å²) >= 11 is 2.06. The van der Waals surface area contributed by atoms with Crippen molar-refractivity contribution in [2.75, 3.05) is 18.1 Å². The van der Waals surface area contributed by atoms with Gasteiger partial charge in [0.15, 0.2) is 0 Å². The van der Waals surface area contributed by atoms with Gasteiger partial charge in [0, 0.05) is 6.04 Å². The molecular formula is C16H33NS. The molecule has 1 N–H and O–H groups in total. The molecule has 0 heterocycles. The molecule has 0 aromatic rings. The van der Waals surface area contributed by atoms with Gasteiger partial charge in [0.1, 0.15) is 0 Å². The normalized spacial score (nSPS) is 25.3. The van der Waals surface area contributed by atoms with Crippen molar-refractivity contribution in [3.05, 3.63) is 0 Å². The van der Waals surface area contributed by atoms with E-state index in [-0.39, 0.29) is 0 Å². The van der Waals surface area contributed by atoms with E-state index in [9.17, 15) is 0 Å². The van der Waals surface area contributed by atoms with Gasteiger partial charge in [-0.25, -0.2) is 0 Å². The molecule has 0 aliphatic heterocycles. The summed E-state index contributed by atoms with van der Waals surface area (Å²) in [7, 11) is 0. The zero-order valence-electron chi connectivity index (χ0n) is 12.9. The summed E-state index contributed by atoms with van der Waals surface area (Å²) in [4.78, 5) is 0. The van der Waals surface area contributed by atoms with Crippen LogP contribution < -0.4 is 5.32 Å². The van der Waals surface area contributed by atoms with Gasteiger partial charge in [0.25, 0.3) is 0 Å². The van der Waals surface area contributed by atoms with Crippen molar-refractivity contribution in [2.45, 2.75) is 72.3 Å². The highest BCUT2D eigenvalue weighted by atomic mass is 32.2. The molecule has 0 unspecified atom stereocenters. The van der Waals surface area contributed by atoms with Crippen LogP contribution in [0.4, 0.5) is 0 Å². The molecule has 18 heavy (non-hydrogen) atoms. The molecule has 1 aliphatic rings. The van der Waals surface area contributed by atoms with Crippen molar-refractivity contribution in [1.29, 1.82) is 0 Å². The van der Waals surface area contributed by atoms with E-state index in [4.69, 9.17) is 0 Å². The SMILES string of the molecule is CCSCCCNC1CCC(C(C)(C)CC)CC1. The summed E-state index contributed by atoms with van der Waals surface area (Å²) in [5.41, 5.74) is 0.558. The van der Waals surface area contributed by atoms with E-state index in [1.165, 1.54) is 56.6 Å². The maximum absolute atomic E-state index is 3.76. The van der Waals surface area contributed by atoms with Crippen LogP contribution in [0.2, 0.25) is 0 Å². The Bertz CT molecular complexity index is 207. The Labute approximate surface area is 119 Å². The fraction of sp³-hybridized carbons (Fsp3) is 1.00. The molecule has 0 saturated heterocycles. The van der Waals surface area contributed by atoms with Crippen LogP contribution in [-0.4, -0.2) is 24.1 Å². The van der Waals surface area contributed by atoms with Gasteiger partial charge in [-0.15, -0.1) is 0 Å². The molecule has 0 radical (unpaired) electrons. The first kappa shape index (κ1) is 16.4. The molecule has 108 valence electrons. The maximum Gasteiger partial charge on any atom is 0.00672 e. The second kappa shape index (κ2) is 8.47. The van der Waals surface area contributed by atoms with E-state index in [0.717, 1.165) is 12.0 Å². The predicted molar refractivity (Wildman–Crippen MR) is 85.4 cm³/mol. The molecular weight excluding hydrogens is 238 g/mol. The Morgan fingerprint density at radius 3 is 2.33 bits per heavy atom. The number of nitrogens with one attached hydrogen (secondary N) is 1. The standard InChI is InChI=1S/C16H33NS/c1-5-16(3,4)14-8-10-15(11-9-14)17-12-7-13-18-6-2/h14-15,17H,5-13H2,1-4H3. The predicted octanol–water partition coefficient (Wildman–Crippen LogP) is 4.71. The van der Waals surface area contributed by atoms with Gasteiger partial charge < -0.3 is 5.32 Å². The Morgan fingerprint density at radius 1 is 1.11 bits per heavy atom. The minimum absolute atomic E-state index is 0.558. The number of rotatable bonds is 8. The third kappa shape index (κ3) is 5.52. The fourth-order valence-corrected chi connectivity index (χ4v) is 3.63. The van der Waals surface area contributed by atoms with Gasteiger partial charge in [0.2, 0.25) is 0 Å². The lowest BCUT2D eigenvalue weighted by molar-refractivity contribution is 0.137. The highest BCUT2D eigenvalue weighted by Crippen LogP contribution is 2.40. The largest absolute Gasteiger partial charge is 0.314 e. The summed E-state index contributed by atoms with van der Waals surface area (Å²) in [6.45, 7) is 10.7. The van der Waals surface area contributed by atoms with E-state index in [1.54, 1.807) is 0 Å². The Kier molecular flexibility index (Phi) is 7.70. The fourth-order valence-electron chi connectivity index (χ4n) is 2.99. The van der Waals surface area contributed by atoms with Crippen molar-refractivity contribution >= 4 is 11.8 Å². The summed E-state index contributed by atoms with van der Waals surface area (Å²) in [6, 6.07) is 0.806. The maximum atomic E-state index is 3.76. The van der Waals surface area contributed by atoms with Crippen LogP contribution in [0.25, 0.3) is 0 Å². The Balaban J connectivity index is 2.12. The molecule has 1 nitrogen and oxygen atoms in total. The van der Waals surface area contributed by atoms with Crippen LogP contribution in [0.15, 0.2) is 0 Å². The summed E-state index contributed by atoms with van der Waals surface area (Å²) in [6.07, 6.45) is 8.32. The zero-order valence-corrected chi connectivity index (χ0v) is 13.7. The van der Waals surface area contributed by atoms with Crippen LogP contribution in [0.1, 0.15) is 66.2 Å². The van der Waals surface area contributed by atoms with Gasteiger partial charge in [0.05, 0.1) is 0 Å². The minimum atomic E-state index is 0.558. The Hall–Kier alpha value is 0.310. The molecule has 2 heteroatoms. The highest BCUT2D eigenvalue weighted by molar-refractivity contribution is 7.99. The molecule has 0 aromatic carbocycles. The molecule has 1 saturated carbocycles. The molecule has 0 bridgehead atoms. The van der Waals surface area contributed by atoms with Crippen LogP contribution in [0.3, 0.4) is 0 Å².